The van der Waals surface area contributed by atoms with Gasteiger partial charge >= 0.3 is 11.9 Å². The summed E-state index contributed by atoms with van der Waals surface area (Å²) in [7, 11) is 0. The predicted molar refractivity (Wildman–Crippen MR) is 165 cm³/mol. The highest BCUT2D eigenvalue weighted by atomic mass is 16.6. The summed E-state index contributed by atoms with van der Waals surface area (Å²) in [6.07, 6.45) is 27.9. The van der Waals surface area contributed by atoms with Crippen molar-refractivity contribution in [2.24, 2.45) is 5.92 Å². The van der Waals surface area contributed by atoms with Crippen LogP contribution in [0.25, 0.3) is 0 Å². The molecule has 0 aromatic rings. The van der Waals surface area contributed by atoms with E-state index in [-0.39, 0.29) is 25.2 Å². The van der Waals surface area contributed by atoms with Crippen LogP contribution in [0.3, 0.4) is 0 Å². The Bertz CT molecular complexity index is 684. The first-order valence-electron chi connectivity index (χ1n) is 16.0. The second-order valence-corrected chi connectivity index (χ2v) is 11.0. The van der Waals surface area contributed by atoms with E-state index in [0.29, 0.717) is 12.8 Å². The van der Waals surface area contributed by atoms with Crippen molar-refractivity contribution in [1.29, 1.82) is 0 Å². The lowest BCUT2D eigenvalue weighted by Gasteiger charge is -2.12. The third-order valence-corrected chi connectivity index (χ3v) is 7.03. The molecule has 0 spiro atoms. The van der Waals surface area contributed by atoms with Gasteiger partial charge in [-0.25, -0.2) is 0 Å². The van der Waals surface area contributed by atoms with Gasteiger partial charge < -0.3 is 19.7 Å². The van der Waals surface area contributed by atoms with Crippen molar-refractivity contribution in [2.45, 2.75) is 149 Å². The number of hydrogen-bond donors (Lipinski definition) is 2. The Morgan fingerprint density at radius 1 is 0.675 bits per heavy atom. The summed E-state index contributed by atoms with van der Waals surface area (Å²) < 4.78 is 10.2. The lowest BCUT2D eigenvalue weighted by Crippen LogP contribution is -2.25. The normalized spacial score (nSPS) is 14.2. The Morgan fingerprint density at radius 3 is 1.75 bits per heavy atom. The zero-order chi connectivity index (χ0) is 29.7. The van der Waals surface area contributed by atoms with E-state index >= 15 is 0 Å². The number of ether oxygens (including phenoxy) is 2. The Kier molecular flexibility index (Phi) is 27.2. The molecule has 40 heavy (non-hydrogen) atoms. The Labute approximate surface area is 245 Å². The van der Waals surface area contributed by atoms with Gasteiger partial charge in [0.05, 0.1) is 6.10 Å². The molecule has 0 aromatic carbocycles. The molecule has 0 amide bonds. The first-order valence-corrected chi connectivity index (χ1v) is 16.0. The average molecular weight is 565 g/mol. The van der Waals surface area contributed by atoms with E-state index < -0.39 is 12.2 Å². The van der Waals surface area contributed by atoms with Crippen LogP contribution in [0.1, 0.15) is 136 Å². The summed E-state index contributed by atoms with van der Waals surface area (Å²) in [5, 5.41) is 19.9. The number of aliphatic hydroxyl groups excluding tert-OH is 2. The summed E-state index contributed by atoms with van der Waals surface area (Å²) in [4.78, 5) is 23.7. The minimum absolute atomic E-state index is 0.143. The van der Waals surface area contributed by atoms with Crippen molar-refractivity contribution < 1.29 is 29.3 Å². The zero-order valence-corrected chi connectivity index (χ0v) is 25.9. The number of rotatable bonds is 27. The molecule has 0 aliphatic heterocycles. The highest BCUT2D eigenvalue weighted by Crippen LogP contribution is 2.15. The highest BCUT2D eigenvalue weighted by Gasteiger charge is 2.12. The van der Waals surface area contributed by atoms with Crippen molar-refractivity contribution in [3.63, 3.8) is 0 Å². The lowest BCUT2D eigenvalue weighted by atomic mass is 10.00. The lowest BCUT2D eigenvalue weighted by molar-refractivity contribution is -0.152. The smallest absolute Gasteiger partial charge is 0.305 e. The Hall–Kier alpha value is -1.92. The fraction of sp³-hybridized carbons (Fsp3) is 0.765. The van der Waals surface area contributed by atoms with Gasteiger partial charge in [-0.3, -0.25) is 9.59 Å². The monoisotopic (exact) mass is 564 g/mol. The molecular weight excluding hydrogens is 504 g/mol. The maximum absolute atomic E-state index is 11.9. The number of aliphatic hydroxyl groups is 2. The van der Waals surface area contributed by atoms with Gasteiger partial charge in [-0.2, -0.15) is 0 Å². The van der Waals surface area contributed by atoms with Gasteiger partial charge in [-0.1, -0.05) is 128 Å². The molecule has 0 aliphatic carbocycles. The van der Waals surface area contributed by atoms with Gasteiger partial charge in [-0.15, -0.1) is 0 Å². The largest absolute Gasteiger partial charge is 0.463 e. The van der Waals surface area contributed by atoms with Crippen LogP contribution in [0.2, 0.25) is 0 Å². The van der Waals surface area contributed by atoms with Crippen molar-refractivity contribution in [3.8, 4) is 0 Å². The van der Waals surface area contributed by atoms with Crippen molar-refractivity contribution in [3.05, 3.63) is 36.5 Å². The summed E-state index contributed by atoms with van der Waals surface area (Å²) in [6.45, 7) is 6.36. The first kappa shape index (κ1) is 38.1. The molecule has 2 unspecified atom stereocenters. The van der Waals surface area contributed by atoms with E-state index in [1.54, 1.807) is 0 Å². The fourth-order valence-corrected chi connectivity index (χ4v) is 4.18. The molecule has 0 bridgehead atoms. The van der Waals surface area contributed by atoms with Gasteiger partial charge in [0.1, 0.15) is 19.3 Å². The molecule has 232 valence electrons. The molecule has 0 radical (unpaired) electrons. The summed E-state index contributed by atoms with van der Waals surface area (Å²) in [6, 6.07) is 0. The maximum atomic E-state index is 11.9. The van der Waals surface area contributed by atoms with E-state index in [9.17, 15) is 19.8 Å². The standard InChI is InChI=1S/C34H60O6/c1-4-6-7-8-9-14-19-24-31(35)25-20-15-12-17-22-27-34(38)40-29-32(36)28-39-33(37)26-21-16-11-10-13-18-23-30(3)5-2/h6-7,9,14,19,24,30-32,35-36H,4-5,8,10-13,15-18,20-23,25-29H2,1-3H3/b7-6+,14-9+,24-19+/t30?,31?,32-/m1/s1. The number of carbonyl (C=O) groups excluding carboxylic acids is 2. The quantitative estimate of drug-likeness (QED) is 0.0452. The van der Waals surface area contributed by atoms with Gasteiger partial charge in [-0.05, 0) is 38.0 Å². The molecule has 0 heterocycles. The molecule has 0 rings (SSSR count). The van der Waals surface area contributed by atoms with Gasteiger partial charge in [0.25, 0.3) is 0 Å². The highest BCUT2D eigenvalue weighted by molar-refractivity contribution is 5.69. The van der Waals surface area contributed by atoms with Crippen LogP contribution in [0, 0.1) is 5.92 Å². The minimum atomic E-state index is -0.993. The van der Waals surface area contributed by atoms with Crippen LogP contribution < -0.4 is 0 Å². The number of unbranched alkanes of at least 4 members (excludes halogenated alkanes) is 9. The van der Waals surface area contributed by atoms with Crippen LogP contribution in [0.5, 0.6) is 0 Å². The van der Waals surface area contributed by atoms with Gasteiger partial charge in [0.15, 0.2) is 0 Å². The van der Waals surface area contributed by atoms with E-state index in [1.807, 2.05) is 18.2 Å². The van der Waals surface area contributed by atoms with Crippen LogP contribution >= 0.6 is 0 Å². The molecule has 2 N–H and O–H groups in total. The summed E-state index contributed by atoms with van der Waals surface area (Å²) in [5.41, 5.74) is 0. The van der Waals surface area contributed by atoms with Gasteiger partial charge in [0, 0.05) is 12.8 Å². The second kappa shape index (κ2) is 28.6. The third kappa shape index (κ3) is 27.6. The molecule has 6 nitrogen and oxygen atoms in total. The summed E-state index contributed by atoms with van der Waals surface area (Å²) in [5.74, 6) is 0.173. The number of carbonyl (C=O) groups is 2. The first-order chi connectivity index (χ1) is 19.4. The Balaban J connectivity index is 3.59. The van der Waals surface area contributed by atoms with Crippen molar-refractivity contribution in [1.82, 2.24) is 0 Å². The molecular formula is C34H60O6. The number of allylic oxidation sites excluding steroid dienone is 5. The van der Waals surface area contributed by atoms with Crippen LogP contribution in [0.4, 0.5) is 0 Å². The van der Waals surface area contributed by atoms with E-state index in [2.05, 4.69) is 39.0 Å². The molecule has 6 heteroatoms. The maximum Gasteiger partial charge on any atom is 0.305 e. The average Bonchev–Trinajstić information content (AvgIpc) is 2.95. The van der Waals surface area contributed by atoms with Crippen LogP contribution in [0.15, 0.2) is 36.5 Å². The fourth-order valence-electron chi connectivity index (χ4n) is 4.18. The zero-order valence-electron chi connectivity index (χ0n) is 25.9. The molecule has 0 fully saturated rings. The van der Waals surface area contributed by atoms with Crippen LogP contribution in [-0.2, 0) is 19.1 Å². The topological polar surface area (TPSA) is 93.1 Å². The summed E-state index contributed by atoms with van der Waals surface area (Å²) >= 11 is 0. The molecule has 0 saturated heterocycles. The predicted octanol–water partition coefficient (Wildman–Crippen LogP) is 8.16. The molecule has 3 atom stereocenters. The van der Waals surface area contributed by atoms with Gasteiger partial charge in [0.2, 0.25) is 0 Å². The molecule has 0 aromatic heterocycles. The molecule has 0 aliphatic rings. The number of esters is 2. The van der Waals surface area contributed by atoms with Crippen molar-refractivity contribution in [2.75, 3.05) is 13.2 Å². The SMILES string of the molecule is CC/C=C/C/C=C/C=C/C(O)CCCCCCCC(=O)OC[C@H](O)COC(=O)CCCCCCCCC(C)CC. The minimum Gasteiger partial charge on any atom is -0.463 e. The van der Waals surface area contributed by atoms with E-state index in [4.69, 9.17) is 9.47 Å². The van der Waals surface area contributed by atoms with Crippen LogP contribution in [-0.4, -0.2) is 47.6 Å². The van der Waals surface area contributed by atoms with E-state index in [1.165, 1.54) is 32.1 Å². The van der Waals surface area contributed by atoms with Crippen molar-refractivity contribution >= 4 is 11.9 Å². The Morgan fingerprint density at radius 2 is 1.20 bits per heavy atom. The number of hydrogen-bond acceptors (Lipinski definition) is 6. The molecule has 0 saturated carbocycles. The van der Waals surface area contributed by atoms with E-state index in [0.717, 1.165) is 76.5 Å². The third-order valence-electron chi connectivity index (χ3n) is 7.03. The second-order valence-electron chi connectivity index (χ2n) is 11.0.